The Morgan fingerprint density at radius 3 is 0.622 bits per heavy atom. The zero-order valence-corrected chi connectivity index (χ0v) is 22.2. The summed E-state index contributed by atoms with van der Waals surface area (Å²) in [6.45, 7) is 18.8. The fourth-order valence-electron chi connectivity index (χ4n) is 0.624. The van der Waals surface area contributed by atoms with Crippen LogP contribution >= 0.6 is 0 Å². The molecule has 0 aromatic carbocycles. The second-order valence-electron chi connectivity index (χ2n) is 6.93. The summed E-state index contributed by atoms with van der Waals surface area (Å²) >= 11 is 0. The Balaban J connectivity index is -0.0000000780. The first-order valence-electron chi connectivity index (χ1n) is 10.8. The number of rotatable bonds is 11. The molecule has 12 heteroatoms. The zero-order valence-electron chi connectivity index (χ0n) is 22.2. The molecule has 0 radical (unpaired) electrons. The molecular weight excluding hydrogens is 492 g/mol. The molecule has 0 heterocycles. The quantitative estimate of drug-likeness (QED) is 0.154. The minimum Gasteiger partial charge on any atom is -0.545 e. The third-order valence-corrected chi connectivity index (χ3v) is 2.78. The molecule has 0 spiro atoms. The van der Waals surface area contributed by atoms with Gasteiger partial charge in [-0.3, -0.25) is 0 Å². The van der Waals surface area contributed by atoms with Gasteiger partial charge in [0, 0.05) is 26.4 Å². The summed E-state index contributed by atoms with van der Waals surface area (Å²) in [4.78, 5) is 38.0. The second kappa shape index (κ2) is 37.2. The van der Waals surface area contributed by atoms with Gasteiger partial charge >= 0.3 is 0 Å². The highest BCUT2D eigenvalue weighted by atomic mass is 16.4. The van der Waals surface area contributed by atoms with E-state index in [-0.39, 0.29) is 48.7 Å². The van der Waals surface area contributed by atoms with Crippen LogP contribution in [0.2, 0.25) is 0 Å². The number of hydrogen-bond acceptors (Lipinski definition) is 12. The van der Waals surface area contributed by atoms with E-state index >= 15 is 0 Å². The molecule has 0 aromatic heterocycles. The number of carbonyl (C=O) groups excluding carboxylic acids is 4. The molecule has 0 atom stereocenters. The molecule has 0 bridgehead atoms. The summed E-state index contributed by atoms with van der Waals surface area (Å²) in [5, 5.41) is 70.5. The van der Waals surface area contributed by atoms with E-state index in [4.69, 9.17) is 20.4 Å². The van der Waals surface area contributed by atoms with Gasteiger partial charge in [-0.05, 0) is 82.1 Å². The van der Waals surface area contributed by atoms with Crippen molar-refractivity contribution in [1.82, 2.24) is 0 Å². The predicted octanol–water partition coefficient (Wildman–Crippen LogP) is -2.86. The van der Waals surface area contributed by atoms with Crippen molar-refractivity contribution in [3.8, 4) is 0 Å². The van der Waals surface area contributed by atoms with Crippen molar-refractivity contribution in [2.45, 2.75) is 59.8 Å². The average Bonchev–Trinajstić information content (AvgIpc) is 2.79. The number of aliphatic carboxylic acids is 4. The van der Waals surface area contributed by atoms with Gasteiger partial charge in [0.25, 0.3) is 0 Å². The third-order valence-electron chi connectivity index (χ3n) is 2.78. The first-order valence-corrected chi connectivity index (χ1v) is 10.8. The molecule has 0 saturated carbocycles. The Labute approximate surface area is 219 Å². The molecule has 0 saturated heterocycles. The summed E-state index contributed by atoms with van der Waals surface area (Å²) in [5.41, 5.74) is 0.259. The summed E-state index contributed by atoms with van der Waals surface area (Å²) in [7, 11) is 0. The van der Waals surface area contributed by atoms with Gasteiger partial charge in [-0.25, -0.2) is 0 Å². The summed E-state index contributed by atoms with van der Waals surface area (Å²) in [5.74, 6) is -4.74. The van der Waals surface area contributed by atoms with Gasteiger partial charge in [0.1, 0.15) is 0 Å². The van der Waals surface area contributed by atoms with Crippen LogP contribution in [-0.4, -0.2) is 70.7 Å². The van der Waals surface area contributed by atoms with Crippen LogP contribution in [-0.2, 0) is 19.2 Å². The van der Waals surface area contributed by atoms with Crippen molar-refractivity contribution < 1.29 is 60.0 Å². The maximum atomic E-state index is 9.49. The number of unbranched alkanes of at least 4 members (excludes halogenated alkanes) is 3. The van der Waals surface area contributed by atoms with Crippen molar-refractivity contribution in [1.29, 1.82) is 0 Å². The van der Waals surface area contributed by atoms with Crippen LogP contribution in [0.4, 0.5) is 0 Å². The fraction of sp³-hybridized carbons (Fsp3) is 0.520. The zero-order chi connectivity index (χ0) is 31.0. The van der Waals surface area contributed by atoms with E-state index in [0.29, 0.717) is 0 Å². The number of carboxylic acid groups (broad SMARTS) is 4. The lowest BCUT2D eigenvalue weighted by atomic mass is 10.2. The topological polar surface area (TPSA) is 241 Å². The molecule has 0 aliphatic rings. The first kappa shape index (κ1) is 46.9. The maximum absolute atomic E-state index is 9.49. The Hall–Kier alpha value is -3.32. The van der Waals surface area contributed by atoms with Gasteiger partial charge < -0.3 is 60.0 Å². The number of aliphatic hydroxyl groups is 4. The monoisotopic (exact) mass is 534 g/mol. The van der Waals surface area contributed by atoms with E-state index in [2.05, 4.69) is 26.3 Å². The number of hydrogen-bond donors (Lipinski definition) is 4. The fourth-order valence-corrected chi connectivity index (χ4v) is 0.624. The smallest absolute Gasteiger partial charge is 0.0666 e. The Kier molecular flexibility index (Phi) is 47.2. The lowest BCUT2D eigenvalue weighted by molar-refractivity contribution is -0.300. The van der Waals surface area contributed by atoms with E-state index < -0.39 is 23.9 Å². The van der Waals surface area contributed by atoms with Crippen LogP contribution in [0.3, 0.4) is 0 Å². The normalized spacial score (nSPS) is 8.11. The van der Waals surface area contributed by atoms with Gasteiger partial charge in [0.2, 0.25) is 0 Å². The number of carbonyl (C=O) groups is 4. The standard InChI is InChI=1S/C5H12O2.4C4H6O2.C4H10O2/c6-4-2-1-3-5-7;4*1-3(2)4(5)6;5-3-1-2-4-6/h6-7H,1-5H2;4*1H2,2H3,(H,5,6);5-6H,1-4H2/p-4. The SMILES string of the molecule is C=C(C)C(=O)[O-].C=C(C)C(=O)[O-].C=C(C)C(=O)[O-].C=C(C)C(=O)[O-].OCCCCCO.OCCCCO. The lowest BCUT2D eigenvalue weighted by Crippen LogP contribution is -2.22. The number of carboxylic acids is 4. The molecule has 218 valence electrons. The van der Waals surface area contributed by atoms with Crippen LogP contribution in [0.25, 0.3) is 0 Å². The first-order chi connectivity index (χ1) is 16.9. The minimum atomic E-state index is -1.19. The molecule has 37 heavy (non-hydrogen) atoms. The maximum Gasteiger partial charge on any atom is 0.0666 e. The summed E-state index contributed by atoms with van der Waals surface area (Å²) in [6.07, 6.45) is 4.02. The van der Waals surface area contributed by atoms with Gasteiger partial charge in [-0.15, -0.1) is 0 Å². The summed E-state index contributed by atoms with van der Waals surface area (Å²) in [6, 6.07) is 0. The molecule has 0 aromatic rings. The second-order valence-corrected chi connectivity index (χ2v) is 6.93. The molecule has 0 aliphatic carbocycles. The molecule has 0 aliphatic heterocycles. The van der Waals surface area contributed by atoms with Gasteiger partial charge in [-0.2, -0.15) is 0 Å². The largest absolute Gasteiger partial charge is 0.545 e. The summed E-state index contributed by atoms with van der Waals surface area (Å²) < 4.78 is 0. The number of aliphatic hydroxyl groups excluding tert-OH is 4. The van der Waals surface area contributed by atoms with Crippen LogP contribution < -0.4 is 20.4 Å². The molecule has 4 N–H and O–H groups in total. The van der Waals surface area contributed by atoms with Crippen molar-refractivity contribution >= 4 is 23.9 Å². The molecule has 0 unspecified atom stereocenters. The molecular formula is C25H42O12-4. The van der Waals surface area contributed by atoms with E-state index in [1.54, 1.807) is 0 Å². The predicted molar refractivity (Wildman–Crippen MR) is 131 cm³/mol. The van der Waals surface area contributed by atoms with E-state index in [1.807, 2.05) is 0 Å². The van der Waals surface area contributed by atoms with Crippen LogP contribution in [0.5, 0.6) is 0 Å². The average molecular weight is 535 g/mol. The highest BCUT2D eigenvalue weighted by Gasteiger charge is 1.82. The van der Waals surface area contributed by atoms with Crippen LogP contribution in [0, 0.1) is 0 Å². The lowest BCUT2D eigenvalue weighted by Gasteiger charge is -1.93. The van der Waals surface area contributed by atoms with Gasteiger partial charge in [0.15, 0.2) is 0 Å². The van der Waals surface area contributed by atoms with E-state index in [1.165, 1.54) is 27.7 Å². The van der Waals surface area contributed by atoms with Crippen molar-refractivity contribution in [2.24, 2.45) is 0 Å². The van der Waals surface area contributed by atoms with Crippen LogP contribution in [0.15, 0.2) is 48.6 Å². The Morgan fingerprint density at radius 2 is 0.541 bits per heavy atom. The third kappa shape index (κ3) is 79.4. The van der Waals surface area contributed by atoms with E-state index in [0.717, 1.165) is 32.1 Å². The van der Waals surface area contributed by atoms with Crippen molar-refractivity contribution in [3.63, 3.8) is 0 Å². The molecule has 0 fully saturated rings. The highest BCUT2D eigenvalue weighted by molar-refractivity contribution is 5.83. The Bertz CT molecular complexity index is 515. The molecule has 0 amide bonds. The van der Waals surface area contributed by atoms with Gasteiger partial charge in [-0.1, -0.05) is 26.3 Å². The highest BCUT2D eigenvalue weighted by Crippen LogP contribution is 1.90. The Morgan fingerprint density at radius 1 is 0.432 bits per heavy atom. The minimum absolute atomic E-state index is 0.0648. The van der Waals surface area contributed by atoms with Crippen molar-refractivity contribution in [2.75, 3.05) is 26.4 Å². The van der Waals surface area contributed by atoms with Crippen molar-refractivity contribution in [3.05, 3.63) is 48.6 Å². The van der Waals surface area contributed by atoms with Crippen LogP contribution in [0.1, 0.15) is 59.8 Å². The van der Waals surface area contributed by atoms with Gasteiger partial charge in [0.05, 0.1) is 23.9 Å². The molecule has 12 nitrogen and oxygen atoms in total. The molecule has 0 rings (SSSR count). The van der Waals surface area contributed by atoms with E-state index in [9.17, 15) is 39.6 Å².